The molecule has 164 valence electrons. The lowest BCUT2D eigenvalue weighted by molar-refractivity contribution is 1.49. The summed E-state index contributed by atoms with van der Waals surface area (Å²) in [6, 6.07) is 27.7. The third kappa shape index (κ3) is 4.54. The summed E-state index contributed by atoms with van der Waals surface area (Å²) in [7, 11) is 0. The molecule has 0 bridgehead atoms. The Kier molecular flexibility index (Phi) is 6.84. The Morgan fingerprint density at radius 2 is 1.03 bits per heavy atom. The van der Waals surface area contributed by atoms with Gasteiger partial charge in [-0.25, -0.2) is 9.97 Å². The second-order valence-electron chi connectivity index (χ2n) is 7.31. The predicted molar refractivity (Wildman–Crippen MR) is 150 cm³/mol. The standard InChI is InChI=1S/C13H7BrClN.C13H9BrN2.CH4/c2*14-8-5-6-12-10(7-8)13(15)9-3-1-2-4-11(9)16-12;/h1-7H;1-7H,(H2,15,16);1H4. The van der Waals surface area contributed by atoms with Crippen LogP contribution in [0.3, 0.4) is 0 Å². The Balaban J connectivity index is 0.000000152. The fourth-order valence-corrected chi connectivity index (χ4v) is 4.74. The zero-order chi connectivity index (χ0) is 22.2. The number of pyridine rings is 2. The molecule has 3 nitrogen and oxygen atoms in total. The van der Waals surface area contributed by atoms with E-state index < -0.39 is 0 Å². The van der Waals surface area contributed by atoms with E-state index in [4.69, 9.17) is 17.3 Å². The molecule has 6 heteroatoms. The molecule has 0 amide bonds. The Morgan fingerprint density at radius 1 is 0.576 bits per heavy atom. The Hall–Kier alpha value is -2.73. The number of hydrogen-bond acceptors (Lipinski definition) is 3. The van der Waals surface area contributed by atoms with Gasteiger partial charge in [-0.3, -0.25) is 0 Å². The molecular formula is C27H20Br2ClN3. The van der Waals surface area contributed by atoms with Crippen LogP contribution in [-0.4, -0.2) is 9.97 Å². The first-order chi connectivity index (χ1) is 15.5. The van der Waals surface area contributed by atoms with E-state index in [1.807, 2.05) is 84.9 Å². The highest BCUT2D eigenvalue weighted by Crippen LogP contribution is 2.32. The largest absolute Gasteiger partial charge is 0.398 e. The molecule has 0 unspecified atom stereocenters. The zero-order valence-electron chi connectivity index (χ0n) is 16.7. The van der Waals surface area contributed by atoms with Gasteiger partial charge in [0.2, 0.25) is 0 Å². The Labute approximate surface area is 213 Å². The highest BCUT2D eigenvalue weighted by molar-refractivity contribution is 9.10. The maximum absolute atomic E-state index is 6.39. The lowest BCUT2D eigenvalue weighted by atomic mass is 10.1. The van der Waals surface area contributed by atoms with Gasteiger partial charge in [0, 0.05) is 30.5 Å². The lowest BCUT2D eigenvalue weighted by Gasteiger charge is -2.06. The number of rotatable bonds is 0. The van der Waals surface area contributed by atoms with E-state index in [9.17, 15) is 0 Å². The van der Waals surface area contributed by atoms with Gasteiger partial charge in [0.1, 0.15) is 0 Å². The predicted octanol–water partition coefficient (Wildman–Crippen LogP) is 9.17. The van der Waals surface area contributed by atoms with E-state index >= 15 is 0 Å². The quantitative estimate of drug-likeness (QED) is 0.182. The molecule has 6 aromatic rings. The molecule has 0 aliphatic heterocycles. The molecule has 0 atom stereocenters. The van der Waals surface area contributed by atoms with Crippen molar-refractivity contribution in [3.63, 3.8) is 0 Å². The van der Waals surface area contributed by atoms with Gasteiger partial charge in [0.05, 0.1) is 32.8 Å². The normalized spacial score (nSPS) is 10.8. The molecule has 4 aromatic carbocycles. The minimum atomic E-state index is 0. The monoisotopic (exact) mass is 579 g/mol. The van der Waals surface area contributed by atoms with Crippen LogP contribution in [0.4, 0.5) is 5.69 Å². The summed E-state index contributed by atoms with van der Waals surface area (Å²) < 4.78 is 2.03. The van der Waals surface area contributed by atoms with Crippen molar-refractivity contribution in [2.45, 2.75) is 7.43 Å². The summed E-state index contributed by atoms with van der Waals surface area (Å²) in [6.45, 7) is 0. The smallest absolute Gasteiger partial charge is 0.0731 e. The van der Waals surface area contributed by atoms with Crippen LogP contribution < -0.4 is 5.73 Å². The number of benzene rings is 4. The fraction of sp³-hybridized carbons (Fsp3) is 0.0370. The van der Waals surface area contributed by atoms with E-state index in [1.165, 1.54) is 0 Å². The molecule has 0 aliphatic carbocycles. The second kappa shape index (κ2) is 9.64. The van der Waals surface area contributed by atoms with Gasteiger partial charge in [-0.15, -0.1) is 0 Å². The van der Waals surface area contributed by atoms with Crippen molar-refractivity contribution in [1.82, 2.24) is 9.97 Å². The van der Waals surface area contributed by atoms with Crippen LogP contribution >= 0.6 is 43.5 Å². The van der Waals surface area contributed by atoms with Crippen LogP contribution in [0.25, 0.3) is 43.6 Å². The molecular weight excluding hydrogens is 562 g/mol. The summed E-state index contributed by atoms with van der Waals surface area (Å²) in [5.41, 5.74) is 10.7. The van der Waals surface area contributed by atoms with E-state index in [0.29, 0.717) is 0 Å². The van der Waals surface area contributed by atoms with E-state index in [2.05, 4.69) is 41.8 Å². The number of anilines is 1. The first-order valence-corrected chi connectivity index (χ1v) is 11.8. The van der Waals surface area contributed by atoms with Crippen molar-refractivity contribution in [3.05, 3.63) is 98.9 Å². The number of fused-ring (bicyclic) bond motifs is 4. The van der Waals surface area contributed by atoms with Crippen LogP contribution in [0.2, 0.25) is 5.02 Å². The topological polar surface area (TPSA) is 51.8 Å². The first kappa shape index (κ1) is 23.4. The zero-order valence-corrected chi connectivity index (χ0v) is 20.6. The molecule has 2 aromatic heterocycles. The van der Waals surface area contributed by atoms with Gasteiger partial charge in [0.15, 0.2) is 0 Å². The molecule has 0 fully saturated rings. The summed E-state index contributed by atoms with van der Waals surface area (Å²) in [5.74, 6) is 0. The van der Waals surface area contributed by atoms with Crippen molar-refractivity contribution in [2.75, 3.05) is 5.73 Å². The summed E-state index contributed by atoms with van der Waals surface area (Å²) in [5, 5.41) is 4.74. The van der Waals surface area contributed by atoms with Gasteiger partial charge >= 0.3 is 0 Å². The number of nitrogens with two attached hydrogens (primary N) is 1. The second-order valence-corrected chi connectivity index (χ2v) is 9.52. The van der Waals surface area contributed by atoms with Crippen LogP contribution in [0, 0.1) is 0 Å². The molecule has 33 heavy (non-hydrogen) atoms. The molecule has 6 rings (SSSR count). The average molecular weight is 582 g/mol. The van der Waals surface area contributed by atoms with Crippen LogP contribution in [0.1, 0.15) is 7.43 Å². The van der Waals surface area contributed by atoms with Gasteiger partial charge in [-0.05, 0) is 48.5 Å². The number of aromatic nitrogens is 2. The Bertz CT molecular complexity index is 1510. The summed E-state index contributed by atoms with van der Waals surface area (Å²) in [6.07, 6.45) is 0. The van der Waals surface area contributed by atoms with Crippen LogP contribution in [0.15, 0.2) is 93.9 Å². The number of hydrogen-bond donors (Lipinski definition) is 1. The maximum atomic E-state index is 6.39. The van der Waals surface area contributed by atoms with E-state index in [-0.39, 0.29) is 7.43 Å². The SMILES string of the molecule is C.Clc1c2ccccc2nc2ccc(Br)cc12.Nc1c2ccccc2nc2ccc(Br)cc12. The van der Waals surface area contributed by atoms with E-state index in [0.717, 1.165) is 63.3 Å². The van der Waals surface area contributed by atoms with Crippen LogP contribution in [0.5, 0.6) is 0 Å². The highest BCUT2D eigenvalue weighted by atomic mass is 79.9. The molecule has 0 saturated carbocycles. The van der Waals surface area contributed by atoms with Crippen molar-refractivity contribution >= 4 is 92.8 Å². The molecule has 0 saturated heterocycles. The first-order valence-electron chi connectivity index (χ1n) is 9.88. The van der Waals surface area contributed by atoms with Crippen molar-refractivity contribution in [1.29, 1.82) is 0 Å². The molecule has 2 N–H and O–H groups in total. The van der Waals surface area contributed by atoms with Crippen LogP contribution in [-0.2, 0) is 0 Å². The summed E-state index contributed by atoms with van der Waals surface area (Å²) in [4.78, 5) is 9.15. The van der Waals surface area contributed by atoms with Gasteiger partial charge < -0.3 is 5.73 Å². The van der Waals surface area contributed by atoms with E-state index in [1.54, 1.807) is 0 Å². The van der Waals surface area contributed by atoms with Crippen molar-refractivity contribution < 1.29 is 0 Å². The number of nitrogen functional groups attached to an aromatic ring is 1. The van der Waals surface area contributed by atoms with Gasteiger partial charge in [-0.1, -0.05) is 87.3 Å². The average Bonchev–Trinajstić information content (AvgIpc) is 2.81. The lowest BCUT2D eigenvalue weighted by Crippen LogP contribution is -1.92. The van der Waals surface area contributed by atoms with Gasteiger partial charge in [0.25, 0.3) is 0 Å². The number of para-hydroxylation sites is 2. The minimum Gasteiger partial charge on any atom is -0.398 e. The molecule has 0 aliphatic rings. The Morgan fingerprint density at radius 3 is 1.67 bits per heavy atom. The van der Waals surface area contributed by atoms with Crippen molar-refractivity contribution in [3.8, 4) is 0 Å². The highest BCUT2D eigenvalue weighted by Gasteiger charge is 2.07. The third-order valence-electron chi connectivity index (χ3n) is 5.26. The number of halogens is 3. The molecule has 0 radical (unpaired) electrons. The third-order valence-corrected chi connectivity index (χ3v) is 6.65. The fourth-order valence-electron chi connectivity index (χ4n) is 3.71. The minimum absolute atomic E-state index is 0. The molecule has 0 spiro atoms. The number of nitrogens with zero attached hydrogens (tertiary/aromatic N) is 2. The van der Waals surface area contributed by atoms with Gasteiger partial charge in [-0.2, -0.15) is 0 Å². The molecule has 2 heterocycles. The maximum Gasteiger partial charge on any atom is 0.0731 e. The van der Waals surface area contributed by atoms with Crippen molar-refractivity contribution in [2.24, 2.45) is 0 Å². The summed E-state index contributed by atoms with van der Waals surface area (Å²) >= 11 is 13.3.